The van der Waals surface area contributed by atoms with Crippen LogP contribution in [0.15, 0.2) is 17.2 Å². The minimum absolute atomic E-state index is 0.314. The summed E-state index contributed by atoms with van der Waals surface area (Å²) in [5.41, 5.74) is 0.927. The van der Waals surface area contributed by atoms with E-state index in [1.807, 2.05) is 18.7 Å². The summed E-state index contributed by atoms with van der Waals surface area (Å²) in [4.78, 5) is 0.314. The zero-order chi connectivity index (χ0) is 13.8. The van der Waals surface area contributed by atoms with Crippen LogP contribution in [0, 0.1) is 0 Å². The van der Waals surface area contributed by atoms with Gasteiger partial charge in [-0.1, -0.05) is 0 Å². The summed E-state index contributed by atoms with van der Waals surface area (Å²) in [6.07, 6.45) is 1.63. The Morgan fingerprint density at radius 2 is 2.17 bits per heavy atom. The molecule has 0 aromatic carbocycles. The number of hydrogen-bond acceptors (Lipinski definition) is 4. The van der Waals surface area contributed by atoms with Crippen LogP contribution < -0.4 is 5.32 Å². The fourth-order valence-electron chi connectivity index (χ4n) is 1.59. The molecule has 0 aliphatic heterocycles. The monoisotopic (exact) mass is 275 g/mol. The standard InChI is InChI=1S/C11H21N3O3S/c1-12-8-10-7-11(9-13(10)2)18(15,16)14(3)5-6-17-4/h7,9,12H,5-6,8H2,1-4H3. The summed E-state index contributed by atoms with van der Waals surface area (Å²) in [5, 5.41) is 3.00. The maximum Gasteiger partial charge on any atom is 0.244 e. The van der Waals surface area contributed by atoms with Crippen molar-refractivity contribution < 1.29 is 13.2 Å². The number of likely N-dealkylation sites (N-methyl/N-ethyl adjacent to an activating group) is 1. The lowest BCUT2D eigenvalue weighted by Gasteiger charge is -2.15. The first-order chi connectivity index (χ1) is 8.43. The van der Waals surface area contributed by atoms with Crippen molar-refractivity contribution in [3.8, 4) is 0 Å². The number of nitrogens with zero attached hydrogens (tertiary/aromatic N) is 2. The Bertz CT molecular complexity index is 482. The SMILES string of the molecule is CNCc1cc(S(=O)(=O)N(C)CCOC)cn1C. The summed E-state index contributed by atoms with van der Waals surface area (Å²) in [6, 6.07) is 1.69. The number of aromatic nitrogens is 1. The predicted molar refractivity (Wildman–Crippen MR) is 69.9 cm³/mol. The molecule has 0 aliphatic rings. The van der Waals surface area contributed by atoms with Crippen molar-refractivity contribution in [3.05, 3.63) is 18.0 Å². The Morgan fingerprint density at radius 3 is 2.72 bits per heavy atom. The van der Waals surface area contributed by atoms with E-state index in [0.717, 1.165) is 5.69 Å². The van der Waals surface area contributed by atoms with Gasteiger partial charge < -0.3 is 14.6 Å². The number of ether oxygens (including phenoxy) is 1. The Morgan fingerprint density at radius 1 is 1.50 bits per heavy atom. The maximum absolute atomic E-state index is 12.2. The lowest BCUT2D eigenvalue weighted by atomic mass is 10.4. The lowest BCUT2D eigenvalue weighted by Crippen LogP contribution is -2.29. The summed E-state index contributed by atoms with van der Waals surface area (Å²) in [6.45, 7) is 1.36. The Kier molecular flexibility index (Phi) is 5.33. The van der Waals surface area contributed by atoms with Crippen LogP contribution in [0.1, 0.15) is 5.69 Å². The summed E-state index contributed by atoms with van der Waals surface area (Å²) in [7, 11) is 3.34. The number of rotatable bonds is 7. The topological polar surface area (TPSA) is 63.6 Å². The Labute approximate surface area is 109 Å². The Hall–Kier alpha value is -0.890. The average Bonchev–Trinajstić information content (AvgIpc) is 2.69. The molecular formula is C11H21N3O3S. The molecule has 18 heavy (non-hydrogen) atoms. The molecule has 0 saturated heterocycles. The van der Waals surface area contributed by atoms with Crippen LogP contribution in [0.2, 0.25) is 0 Å². The van der Waals surface area contributed by atoms with Gasteiger partial charge in [0.15, 0.2) is 0 Å². The van der Waals surface area contributed by atoms with Crippen LogP contribution in [-0.2, 0) is 28.4 Å². The second-order valence-electron chi connectivity index (χ2n) is 4.13. The minimum atomic E-state index is -3.43. The molecular weight excluding hydrogens is 254 g/mol. The van der Waals surface area contributed by atoms with E-state index in [0.29, 0.717) is 24.6 Å². The molecule has 0 spiro atoms. The van der Waals surface area contributed by atoms with Gasteiger partial charge in [-0.2, -0.15) is 4.31 Å². The van der Waals surface area contributed by atoms with Crippen LogP contribution in [0.4, 0.5) is 0 Å². The van der Waals surface area contributed by atoms with E-state index in [2.05, 4.69) is 5.32 Å². The van der Waals surface area contributed by atoms with Crippen molar-refractivity contribution >= 4 is 10.0 Å². The van der Waals surface area contributed by atoms with Gasteiger partial charge in [-0.3, -0.25) is 0 Å². The van der Waals surface area contributed by atoms with E-state index >= 15 is 0 Å². The van der Waals surface area contributed by atoms with E-state index in [-0.39, 0.29) is 0 Å². The summed E-state index contributed by atoms with van der Waals surface area (Å²) in [5.74, 6) is 0. The third-order valence-electron chi connectivity index (χ3n) is 2.76. The molecule has 7 heteroatoms. The molecule has 6 nitrogen and oxygen atoms in total. The van der Waals surface area contributed by atoms with Gasteiger partial charge in [0, 0.05) is 46.2 Å². The van der Waals surface area contributed by atoms with Gasteiger partial charge in [-0.05, 0) is 13.1 Å². The van der Waals surface area contributed by atoms with Gasteiger partial charge in [0.1, 0.15) is 4.90 Å². The van der Waals surface area contributed by atoms with E-state index in [1.165, 1.54) is 4.31 Å². The van der Waals surface area contributed by atoms with E-state index in [1.54, 1.807) is 26.4 Å². The van der Waals surface area contributed by atoms with Crippen molar-refractivity contribution in [1.29, 1.82) is 0 Å². The molecule has 1 N–H and O–H groups in total. The van der Waals surface area contributed by atoms with Crippen LogP contribution >= 0.6 is 0 Å². The van der Waals surface area contributed by atoms with Crippen LogP contribution in [0.5, 0.6) is 0 Å². The van der Waals surface area contributed by atoms with Crippen molar-refractivity contribution in [2.75, 3.05) is 34.4 Å². The molecule has 0 fully saturated rings. The quantitative estimate of drug-likeness (QED) is 0.761. The summed E-state index contributed by atoms with van der Waals surface area (Å²) < 4.78 is 32.5. The van der Waals surface area contributed by atoms with Crippen molar-refractivity contribution in [2.45, 2.75) is 11.4 Å². The molecule has 0 saturated carbocycles. The predicted octanol–water partition coefficient (Wildman–Crippen LogP) is 0.0114. The largest absolute Gasteiger partial charge is 0.383 e. The van der Waals surface area contributed by atoms with Gasteiger partial charge in [0.25, 0.3) is 0 Å². The zero-order valence-electron chi connectivity index (χ0n) is 11.3. The number of aryl methyl sites for hydroxylation is 1. The van der Waals surface area contributed by atoms with Gasteiger partial charge >= 0.3 is 0 Å². The number of hydrogen-bond donors (Lipinski definition) is 1. The third-order valence-corrected chi connectivity index (χ3v) is 4.58. The molecule has 1 rings (SSSR count). The zero-order valence-corrected chi connectivity index (χ0v) is 12.1. The molecule has 1 aromatic heterocycles. The molecule has 0 aliphatic carbocycles. The highest BCUT2D eigenvalue weighted by atomic mass is 32.2. The van der Waals surface area contributed by atoms with E-state index < -0.39 is 10.0 Å². The van der Waals surface area contributed by atoms with Crippen LogP contribution in [0.3, 0.4) is 0 Å². The molecule has 0 radical (unpaired) electrons. The highest BCUT2D eigenvalue weighted by molar-refractivity contribution is 7.89. The number of methoxy groups -OCH3 is 1. The van der Waals surface area contributed by atoms with Crippen LogP contribution in [-0.4, -0.2) is 51.6 Å². The fourth-order valence-corrected chi connectivity index (χ4v) is 2.85. The molecule has 104 valence electrons. The van der Waals surface area contributed by atoms with E-state index in [9.17, 15) is 8.42 Å². The van der Waals surface area contributed by atoms with Gasteiger partial charge in [-0.25, -0.2) is 8.42 Å². The molecule has 0 atom stereocenters. The van der Waals surface area contributed by atoms with Crippen molar-refractivity contribution in [1.82, 2.24) is 14.2 Å². The second-order valence-corrected chi connectivity index (χ2v) is 6.17. The molecule has 1 heterocycles. The average molecular weight is 275 g/mol. The normalized spacial score (nSPS) is 12.3. The summed E-state index contributed by atoms with van der Waals surface area (Å²) >= 11 is 0. The maximum atomic E-state index is 12.2. The first-order valence-electron chi connectivity index (χ1n) is 5.68. The highest BCUT2D eigenvalue weighted by Crippen LogP contribution is 2.17. The second kappa shape index (κ2) is 6.33. The molecule has 1 aromatic rings. The third kappa shape index (κ3) is 3.32. The number of sulfonamides is 1. The molecule has 0 amide bonds. The molecule has 0 bridgehead atoms. The lowest BCUT2D eigenvalue weighted by molar-refractivity contribution is 0.185. The van der Waals surface area contributed by atoms with Gasteiger partial charge in [0.2, 0.25) is 10.0 Å². The molecule has 0 unspecified atom stereocenters. The van der Waals surface area contributed by atoms with Crippen molar-refractivity contribution in [3.63, 3.8) is 0 Å². The van der Waals surface area contributed by atoms with Crippen molar-refractivity contribution in [2.24, 2.45) is 7.05 Å². The van der Waals surface area contributed by atoms with E-state index in [4.69, 9.17) is 4.74 Å². The highest BCUT2D eigenvalue weighted by Gasteiger charge is 2.22. The van der Waals surface area contributed by atoms with Gasteiger partial charge in [-0.15, -0.1) is 0 Å². The fraction of sp³-hybridized carbons (Fsp3) is 0.636. The first-order valence-corrected chi connectivity index (χ1v) is 7.12. The van der Waals surface area contributed by atoms with Gasteiger partial charge in [0.05, 0.1) is 6.61 Å². The minimum Gasteiger partial charge on any atom is -0.383 e. The number of nitrogens with one attached hydrogen (secondary N) is 1. The smallest absolute Gasteiger partial charge is 0.244 e. The first kappa shape index (κ1) is 15.2. The van der Waals surface area contributed by atoms with Crippen LogP contribution in [0.25, 0.3) is 0 Å². The Balaban J connectivity index is 2.94.